The number of nitrogens with one attached hydrogen (secondary N) is 1. The molecule has 0 aliphatic carbocycles. The molecule has 3 aromatic carbocycles. The minimum absolute atomic E-state index is 0.00556. The Morgan fingerprint density at radius 2 is 1.62 bits per heavy atom. The topological polar surface area (TPSA) is 91.1 Å². The van der Waals surface area contributed by atoms with Crippen molar-refractivity contribution in [3.05, 3.63) is 60.7 Å². The number of benzene rings is 3. The summed E-state index contributed by atoms with van der Waals surface area (Å²) in [5.74, 6) is 0.00556. The number of azo groups is 1. The van der Waals surface area contributed by atoms with Gasteiger partial charge in [-0.25, -0.2) is 8.42 Å². The number of rotatable bonds is 4. The Hall–Kier alpha value is -2.93. The molecule has 0 spiro atoms. The van der Waals surface area contributed by atoms with Crippen LogP contribution in [0.2, 0.25) is 0 Å². The fraction of sp³-hybridized carbons (Fsp3) is 0.0588. The lowest BCUT2D eigenvalue weighted by Crippen LogP contribution is -2.09. The van der Waals surface area contributed by atoms with Gasteiger partial charge in [0.2, 0.25) is 10.0 Å². The molecule has 6 nitrogen and oxygen atoms in total. The zero-order valence-electron chi connectivity index (χ0n) is 12.8. The Morgan fingerprint density at radius 3 is 2.42 bits per heavy atom. The van der Waals surface area contributed by atoms with Gasteiger partial charge in [0, 0.05) is 5.39 Å². The first kappa shape index (κ1) is 15.9. The van der Waals surface area contributed by atoms with Gasteiger partial charge < -0.3 is 5.11 Å². The number of nitrogens with zero attached hydrogens (tertiary/aromatic N) is 2. The number of anilines is 1. The van der Waals surface area contributed by atoms with Gasteiger partial charge in [-0.15, -0.1) is 10.2 Å². The smallest absolute Gasteiger partial charge is 0.229 e. The molecule has 0 saturated carbocycles. The third-order valence-corrected chi connectivity index (χ3v) is 3.93. The first-order valence-electron chi connectivity index (χ1n) is 7.13. The van der Waals surface area contributed by atoms with Crippen LogP contribution in [0.4, 0.5) is 17.1 Å². The van der Waals surface area contributed by atoms with Gasteiger partial charge in [-0.1, -0.05) is 42.5 Å². The Labute approximate surface area is 139 Å². The van der Waals surface area contributed by atoms with E-state index in [-0.39, 0.29) is 5.75 Å². The van der Waals surface area contributed by atoms with Crippen LogP contribution in [0.15, 0.2) is 70.9 Å². The molecule has 122 valence electrons. The zero-order chi connectivity index (χ0) is 17.2. The SMILES string of the molecule is CS(=O)(=O)Nc1ccccc1N=Nc1c(O)ccc2ccccc12. The van der Waals surface area contributed by atoms with Crippen molar-refractivity contribution < 1.29 is 13.5 Å². The summed E-state index contributed by atoms with van der Waals surface area (Å²) in [6.45, 7) is 0. The summed E-state index contributed by atoms with van der Waals surface area (Å²) in [5, 5.41) is 20.0. The molecule has 0 aliphatic rings. The zero-order valence-corrected chi connectivity index (χ0v) is 13.7. The number of fused-ring (bicyclic) bond motifs is 1. The van der Waals surface area contributed by atoms with Crippen LogP contribution in [0, 0.1) is 0 Å². The Kier molecular flexibility index (Phi) is 4.18. The highest BCUT2D eigenvalue weighted by Gasteiger charge is 2.08. The van der Waals surface area contributed by atoms with Crippen LogP contribution in [-0.4, -0.2) is 19.8 Å². The number of phenolic OH excluding ortho intramolecular Hbond substituents is 1. The highest BCUT2D eigenvalue weighted by molar-refractivity contribution is 7.92. The van der Waals surface area contributed by atoms with Gasteiger partial charge in [0.1, 0.15) is 17.1 Å². The fourth-order valence-electron chi connectivity index (χ4n) is 2.30. The Morgan fingerprint density at radius 1 is 0.917 bits per heavy atom. The van der Waals surface area contributed by atoms with Crippen molar-refractivity contribution in [2.75, 3.05) is 11.0 Å². The number of aromatic hydroxyl groups is 1. The van der Waals surface area contributed by atoms with E-state index in [1.54, 1.807) is 36.4 Å². The van der Waals surface area contributed by atoms with E-state index in [9.17, 15) is 13.5 Å². The van der Waals surface area contributed by atoms with E-state index >= 15 is 0 Å². The number of hydrogen-bond donors (Lipinski definition) is 2. The average Bonchev–Trinajstić information content (AvgIpc) is 2.54. The molecule has 0 amide bonds. The van der Waals surface area contributed by atoms with Gasteiger partial charge in [-0.2, -0.15) is 0 Å². The summed E-state index contributed by atoms with van der Waals surface area (Å²) in [4.78, 5) is 0. The van der Waals surface area contributed by atoms with E-state index in [0.29, 0.717) is 17.1 Å². The van der Waals surface area contributed by atoms with E-state index in [2.05, 4.69) is 15.0 Å². The Bertz CT molecular complexity index is 1030. The molecule has 3 aromatic rings. The van der Waals surface area contributed by atoms with Crippen LogP contribution < -0.4 is 4.72 Å². The lowest BCUT2D eigenvalue weighted by molar-refractivity contribution is 0.477. The second-order valence-electron chi connectivity index (χ2n) is 5.25. The summed E-state index contributed by atoms with van der Waals surface area (Å²) in [5.41, 5.74) is 1.01. The van der Waals surface area contributed by atoms with E-state index < -0.39 is 10.0 Å². The maximum Gasteiger partial charge on any atom is 0.229 e. The van der Waals surface area contributed by atoms with Crippen LogP contribution in [0.1, 0.15) is 0 Å². The lowest BCUT2D eigenvalue weighted by atomic mass is 10.1. The van der Waals surface area contributed by atoms with Crippen molar-refractivity contribution in [3.8, 4) is 5.75 Å². The molecular weight excluding hydrogens is 326 g/mol. The summed E-state index contributed by atoms with van der Waals surface area (Å²) in [6, 6.07) is 17.5. The molecule has 24 heavy (non-hydrogen) atoms. The van der Waals surface area contributed by atoms with E-state index in [1.165, 1.54) is 0 Å². The Balaban J connectivity index is 2.05. The van der Waals surface area contributed by atoms with Crippen LogP contribution >= 0.6 is 0 Å². The molecule has 0 bridgehead atoms. The van der Waals surface area contributed by atoms with Crippen molar-refractivity contribution >= 4 is 37.9 Å². The van der Waals surface area contributed by atoms with Crippen molar-refractivity contribution in [2.24, 2.45) is 10.2 Å². The molecule has 0 aromatic heterocycles. The van der Waals surface area contributed by atoms with Crippen molar-refractivity contribution in [2.45, 2.75) is 0 Å². The molecule has 3 rings (SSSR count). The van der Waals surface area contributed by atoms with Crippen molar-refractivity contribution in [1.82, 2.24) is 0 Å². The van der Waals surface area contributed by atoms with Crippen LogP contribution in [0.5, 0.6) is 5.75 Å². The van der Waals surface area contributed by atoms with Gasteiger partial charge in [0.05, 0.1) is 11.9 Å². The molecule has 0 radical (unpaired) electrons. The maximum atomic E-state index is 11.4. The van der Waals surface area contributed by atoms with Crippen LogP contribution in [0.25, 0.3) is 10.8 Å². The number of hydrogen-bond acceptors (Lipinski definition) is 5. The molecule has 2 N–H and O–H groups in total. The monoisotopic (exact) mass is 341 g/mol. The van der Waals surface area contributed by atoms with Crippen molar-refractivity contribution in [3.63, 3.8) is 0 Å². The second kappa shape index (κ2) is 6.29. The molecule has 7 heteroatoms. The van der Waals surface area contributed by atoms with Gasteiger partial charge in [-0.05, 0) is 23.6 Å². The van der Waals surface area contributed by atoms with E-state index in [1.807, 2.05) is 24.3 Å². The minimum atomic E-state index is -3.43. The predicted octanol–water partition coefficient (Wildman–Crippen LogP) is 4.33. The number of sulfonamides is 1. The molecule has 0 unspecified atom stereocenters. The second-order valence-corrected chi connectivity index (χ2v) is 6.99. The molecule has 0 heterocycles. The normalized spacial score (nSPS) is 11.9. The van der Waals surface area contributed by atoms with Gasteiger partial charge in [-0.3, -0.25) is 4.72 Å². The van der Waals surface area contributed by atoms with Gasteiger partial charge >= 0.3 is 0 Å². The van der Waals surface area contributed by atoms with Gasteiger partial charge in [0.25, 0.3) is 0 Å². The third kappa shape index (κ3) is 3.52. The minimum Gasteiger partial charge on any atom is -0.506 e. The fourth-order valence-corrected chi connectivity index (χ4v) is 2.87. The van der Waals surface area contributed by atoms with Crippen molar-refractivity contribution in [1.29, 1.82) is 0 Å². The van der Waals surface area contributed by atoms with Gasteiger partial charge in [0.15, 0.2) is 0 Å². The predicted molar refractivity (Wildman–Crippen MR) is 94.7 cm³/mol. The summed E-state index contributed by atoms with van der Waals surface area (Å²) in [6.07, 6.45) is 1.07. The van der Waals surface area contributed by atoms with E-state index in [4.69, 9.17) is 0 Å². The lowest BCUT2D eigenvalue weighted by Gasteiger charge is -2.07. The first-order valence-corrected chi connectivity index (χ1v) is 9.02. The summed E-state index contributed by atoms with van der Waals surface area (Å²) >= 11 is 0. The number of para-hydroxylation sites is 1. The number of phenols is 1. The first-order chi connectivity index (χ1) is 11.4. The maximum absolute atomic E-state index is 11.4. The quantitative estimate of drug-likeness (QED) is 0.692. The molecule has 0 saturated heterocycles. The van der Waals surface area contributed by atoms with E-state index in [0.717, 1.165) is 17.0 Å². The van der Waals surface area contributed by atoms with Crippen LogP contribution in [0.3, 0.4) is 0 Å². The summed E-state index contributed by atoms with van der Waals surface area (Å²) < 4.78 is 25.3. The molecule has 0 atom stereocenters. The molecule has 0 aliphatic heterocycles. The highest BCUT2D eigenvalue weighted by Crippen LogP contribution is 2.36. The highest BCUT2D eigenvalue weighted by atomic mass is 32.2. The molecular formula is C17H15N3O3S. The average molecular weight is 341 g/mol. The van der Waals surface area contributed by atoms with Crippen LogP contribution in [-0.2, 0) is 10.0 Å². The standard InChI is InChI=1S/C17H15N3O3S/c1-24(22,23)20-15-9-5-4-8-14(15)18-19-17-13-7-3-2-6-12(13)10-11-16(17)21/h2-11,20-21H,1H3. The summed E-state index contributed by atoms with van der Waals surface area (Å²) in [7, 11) is -3.43. The molecule has 0 fully saturated rings. The largest absolute Gasteiger partial charge is 0.506 e. The third-order valence-electron chi connectivity index (χ3n) is 3.34.